The number of ether oxygens (including phenoxy) is 1. The molecule has 2 N–H and O–H groups in total. The predicted molar refractivity (Wildman–Crippen MR) is 105 cm³/mol. The summed E-state index contributed by atoms with van der Waals surface area (Å²) >= 11 is 0. The fourth-order valence-corrected chi connectivity index (χ4v) is 2.51. The molecule has 136 valence electrons. The van der Waals surface area contributed by atoms with Crippen molar-refractivity contribution in [2.24, 2.45) is 10.9 Å². The number of halogens is 1. The number of methoxy groups -OCH3 is 1. The quantitative estimate of drug-likeness (QED) is 0.256. The number of guanidine groups is 1. The molecule has 0 aromatic heterocycles. The maximum Gasteiger partial charge on any atom is 0.239 e. The third kappa shape index (κ3) is 9.31. The summed E-state index contributed by atoms with van der Waals surface area (Å²) in [6.45, 7) is 10.9. The molecule has 0 unspecified atom stereocenters. The average molecular weight is 441 g/mol. The van der Waals surface area contributed by atoms with Crippen molar-refractivity contribution >= 4 is 35.8 Å². The van der Waals surface area contributed by atoms with E-state index < -0.39 is 0 Å². The van der Waals surface area contributed by atoms with E-state index in [-0.39, 0.29) is 36.4 Å². The Hall–Kier alpha value is -0.610. The van der Waals surface area contributed by atoms with Crippen LogP contribution in [0.25, 0.3) is 0 Å². The summed E-state index contributed by atoms with van der Waals surface area (Å²) in [6, 6.07) is 0. The Morgan fingerprint density at radius 1 is 1.22 bits per heavy atom. The summed E-state index contributed by atoms with van der Waals surface area (Å²) in [4.78, 5) is 20.6. The summed E-state index contributed by atoms with van der Waals surface area (Å²) in [7, 11) is 3.37. The number of amides is 1. The number of carbonyl (C=O) groups excluding carboxylic acids is 1. The number of nitrogens with one attached hydrogen (secondary N) is 2. The molecule has 1 aliphatic rings. The Labute approximate surface area is 157 Å². The van der Waals surface area contributed by atoms with Gasteiger partial charge < -0.3 is 20.3 Å². The second-order valence-electron chi connectivity index (χ2n) is 5.93. The van der Waals surface area contributed by atoms with E-state index in [0.717, 1.165) is 38.7 Å². The van der Waals surface area contributed by atoms with Gasteiger partial charge in [-0.15, -0.1) is 24.0 Å². The van der Waals surface area contributed by atoms with E-state index in [9.17, 15) is 4.79 Å². The van der Waals surface area contributed by atoms with Gasteiger partial charge in [0.25, 0.3) is 0 Å². The second-order valence-corrected chi connectivity index (χ2v) is 5.93. The zero-order chi connectivity index (χ0) is 16.4. The van der Waals surface area contributed by atoms with Crippen LogP contribution < -0.4 is 10.6 Å². The van der Waals surface area contributed by atoms with Gasteiger partial charge in [0, 0.05) is 53.4 Å². The molecule has 1 amide bonds. The van der Waals surface area contributed by atoms with Crippen LogP contribution in [-0.4, -0.2) is 88.2 Å². The average Bonchev–Trinajstić information content (AvgIpc) is 2.49. The first-order valence-electron chi connectivity index (χ1n) is 8.00. The third-order valence-electron chi connectivity index (χ3n) is 3.54. The highest BCUT2D eigenvalue weighted by atomic mass is 127. The Morgan fingerprint density at radius 2 is 1.87 bits per heavy atom. The molecule has 1 fully saturated rings. The first-order valence-corrected chi connectivity index (χ1v) is 8.00. The molecular weight excluding hydrogens is 409 g/mol. The highest BCUT2D eigenvalue weighted by molar-refractivity contribution is 14.0. The van der Waals surface area contributed by atoms with E-state index in [2.05, 4.69) is 39.3 Å². The first-order chi connectivity index (χ1) is 10.6. The van der Waals surface area contributed by atoms with Crippen LogP contribution in [0.3, 0.4) is 0 Å². The lowest BCUT2D eigenvalue weighted by Crippen LogP contribution is -2.54. The molecule has 1 rings (SSSR count). The number of nitrogens with zero attached hydrogens (tertiary/aromatic N) is 3. The molecule has 23 heavy (non-hydrogen) atoms. The predicted octanol–water partition coefficient (Wildman–Crippen LogP) is 0.216. The third-order valence-corrected chi connectivity index (χ3v) is 3.54. The van der Waals surface area contributed by atoms with Gasteiger partial charge in [0.2, 0.25) is 5.91 Å². The Morgan fingerprint density at radius 3 is 2.39 bits per heavy atom. The zero-order valence-corrected chi connectivity index (χ0v) is 17.1. The van der Waals surface area contributed by atoms with Crippen LogP contribution in [0.4, 0.5) is 0 Å². The number of aliphatic imine (C=N–C) groups is 1. The standard InChI is InChI=1S/C15H31N5O2.HI/c1-13(2)12-19-6-8-20(9-7-19)15(16-3)18-11-14(21)17-5-10-22-4;/h13H,5-12H2,1-4H3,(H,16,18)(H,17,21);1H. The molecule has 0 radical (unpaired) electrons. The Balaban J connectivity index is 0.00000484. The largest absolute Gasteiger partial charge is 0.383 e. The van der Waals surface area contributed by atoms with Crippen LogP contribution in [0.2, 0.25) is 0 Å². The van der Waals surface area contributed by atoms with Crippen LogP contribution in [0, 0.1) is 5.92 Å². The smallest absolute Gasteiger partial charge is 0.239 e. The lowest BCUT2D eigenvalue weighted by atomic mass is 10.2. The number of piperazine rings is 1. The van der Waals surface area contributed by atoms with Crippen molar-refractivity contribution in [2.75, 3.05) is 66.6 Å². The van der Waals surface area contributed by atoms with Gasteiger partial charge in [0.05, 0.1) is 13.2 Å². The number of hydrogen-bond donors (Lipinski definition) is 2. The Bertz CT molecular complexity index is 358. The highest BCUT2D eigenvalue weighted by Gasteiger charge is 2.20. The molecule has 0 saturated carbocycles. The molecule has 0 atom stereocenters. The van der Waals surface area contributed by atoms with Gasteiger partial charge in [-0.05, 0) is 5.92 Å². The highest BCUT2D eigenvalue weighted by Crippen LogP contribution is 2.05. The van der Waals surface area contributed by atoms with Crippen molar-refractivity contribution in [3.8, 4) is 0 Å². The van der Waals surface area contributed by atoms with Gasteiger partial charge in [-0.2, -0.15) is 0 Å². The van der Waals surface area contributed by atoms with E-state index in [1.54, 1.807) is 14.2 Å². The SMILES string of the molecule is CN=C(NCC(=O)NCCOC)N1CCN(CC(C)C)CC1.I. The van der Waals surface area contributed by atoms with E-state index >= 15 is 0 Å². The van der Waals surface area contributed by atoms with Crippen molar-refractivity contribution in [1.82, 2.24) is 20.4 Å². The molecule has 8 heteroatoms. The summed E-state index contributed by atoms with van der Waals surface area (Å²) in [6.07, 6.45) is 0. The topological polar surface area (TPSA) is 69.2 Å². The lowest BCUT2D eigenvalue weighted by molar-refractivity contribution is -0.120. The van der Waals surface area contributed by atoms with E-state index in [1.807, 2.05) is 0 Å². The first kappa shape index (κ1) is 22.4. The second kappa shape index (κ2) is 12.8. The zero-order valence-electron chi connectivity index (χ0n) is 14.8. The van der Waals surface area contributed by atoms with Crippen molar-refractivity contribution in [2.45, 2.75) is 13.8 Å². The molecule has 1 heterocycles. The van der Waals surface area contributed by atoms with Crippen LogP contribution >= 0.6 is 24.0 Å². The van der Waals surface area contributed by atoms with Gasteiger partial charge in [0.15, 0.2) is 5.96 Å². The van der Waals surface area contributed by atoms with E-state index in [4.69, 9.17) is 4.74 Å². The molecule has 0 aliphatic carbocycles. The molecule has 1 aliphatic heterocycles. The fraction of sp³-hybridized carbons (Fsp3) is 0.867. The number of carbonyl (C=O) groups is 1. The minimum Gasteiger partial charge on any atom is -0.383 e. The van der Waals surface area contributed by atoms with Crippen molar-refractivity contribution in [3.63, 3.8) is 0 Å². The minimum atomic E-state index is -0.0448. The van der Waals surface area contributed by atoms with Gasteiger partial charge in [-0.3, -0.25) is 14.7 Å². The van der Waals surface area contributed by atoms with Gasteiger partial charge in [-0.25, -0.2) is 0 Å². The number of rotatable bonds is 7. The molecular formula is C15H32IN5O2. The van der Waals surface area contributed by atoms with Crippen molar-refractivity contribution in [3.05, 3.63) is 0 Å². The summed E-state index contributed by atoms with van der Waals surface area (Å²) in [5, 5.41) is 5.91. The molecule has 0 aromatic rings. The maximum atomic E-state index is 11.7. The summed E-state index contributed by atoms with van der Waals surface area (Å²) in [5.74, 6) is 1.45. The normalized spacial score (nSPS) is 16.2. The summed E-state index contributed by atoms with van der Waals surface area (Å²) < 4.78 is 4.90. The minimum absolute atomic E-state index is 0. The summed E-state index contributed by atoms with van der Waals surface area (Å²) in [5.41, 5.74) is 0. The van der Waals surface area contributed by atoms with Crippen molar-refractivity contribution < 1.29 is 9.53 Å². The molecule has 0 bridgehead atoms. The van der Waals surface area contributed by atoms with Crippen molar-refractivity contribution in [1.29, 1.82) is 0 Å². The molecule has 0 spiro atoms. The number of hydrogen-bond acceptors (Lipinski definition) is 4. The van der Waals surface area contributed by atoms with Crippen LogP contribution in [0.5, 0.6) is 0 Å². The van der Waals surface area contributed by atoms with Crippen LogP contribution in [0.15, 0.2) is 4.99 Å². The molecule has 7 nitrogen and oxygen atoms in total. The van der Waals surface area contributed by atoms with Gasteiger partial charge in [0.1, 0.15) is 0 Å². The van der Waals surface area contributed by atoms with Crippen LogP contribution in [-0.2, 0) is 9.53 Å². The Kier molecular flexibility index (Phi) is 12.4. The maximum absolute atomic E-state index is 11.7. The van der Waals surface area contributed by atoms with Crippen LogP contribution in [0.1, 0.15) is 13.8 Å². The fourth-order valence-electron chi connectivity index (χ4n) is 2.51. The van der Waals surface area contributed by atoms with Gasteiger partial charge in [-0.1, -0.05) is 13.8 Å². The monoisotopic (exact) mass is 441 g/mol. The molecule has 1 saturated heterocycles. The van der Waals surface area contributed by atoms with E-state index in [0.29, 0.717) is 19.1 Å². The van der Waals surface area contributed by atoms with Gasteiger partial charge >= 0.3 is 0 Å². The molecule has 0 aromatic carbocycles. The lowest BCUT2D eigenvalue weighted by Gasteiger charge is -2.37. The van der Waals surface area contributed by atoms with E-state index in [1.165, 1.54) is 0 Å².